The molecule has 1 nitrogen and oxygen atoms in total. The Morgan fingerprint density at radius 2 is 1.82 bits per heavy atom. The van der Waals surface area contributed by atoms with E-state index in [0.29, 0.717) is 5.41 Å². The smallest absolute Gasteiger partial charge is 0.0577 e. The summed E-state index contributed by atoms with van der Waals surface area (Å²) in [7, 11) is 0. The molecule has 0 aromatic carbocycles. The monoisotopic (exact) mass is 386 g/mol. The van der Waals surface area contributed by atoms with Crippen LogP contribution in [0.25, 0.3) is 0 Å². The third-order valence-corrected chi connectivity index (χ3v) is 10.3. The van der Waals surface area contributed by atoms with Crippen molar-refractivity contribution < 1.29 is 5.11 Å². The minimum Gasteiger partial charge on any atom is -0.393 e. The lowest BCUT2D eigenvalue weighted by Gasteiger charge is -2.52. The average molecular weight is 387 g/mol. The minimum absolute atomic E-state index is 0.0585. The number of allylic oxidation sites excluding steroid dienone is 1. The molecule has 0 aromatic rings. The summed E-state index contributed by atoms with van der Waals surface area (Å²) in [6.07, 6.45) is 15.8. The first-order valence-electron chi connectivity index (χ1n) is 12.7. The van der Waals surface area contributed by atoms with Gasteiger partial charge in [-0.1, -0.05) is 65.5 Å². The van der Waals surface area contributed by atoms with Crippen LogP contribution in [0.3, 0.4) is 0 Å². The highest BCUT2D eigenvalue weighted by molar-refractivity contribution is 5.20. The summed E-state index contributed by atoms with van der Waals surface area (Å²) >= 11 is 0. The molecule has 0 amide bonds. The molecule has 0 radical (unpaired) electrons. The first kappa shape index (κ1) is 21.0. The van der Waals surface area contributed by atoms with Crippen molar-refractivity contribution in [2.45, 2.75) is 105 Å². The van der Waals surface area contributed by atoms with Gasteiger partial charge in [-0.25, -0.2) is 0 Å². The van der Waals surface area contributed by atoms with Gasteiger partial charge in [-0.3, -0.25) is 0 Å². The number of aliphatic hydroxyl groups is 1. The summed E-state index contributed by atoms with van der Waals surface area (Å²) in [6.45, 7) is 12.6. The van der Waals surface area contributed by atoms with E-state index in [1.165, 1.54) is 51.4 Å². The van der Waals surface area contributed by atoms with Crippen LogP contribution in [0.2, 0.25) is 0 Å². The highest BCUT2D eigenvalue weighted by Crippen LogP contribution is 2.65. The van der Waals surface area contributed by atoms with E-state index in [4.69, 9.17) is 0 Å². The molecule has 4 rings (SSSR count). The fraction of sp³-hybridized carbons (Fsp3) is 0.926. The Morgan fingerprint density at radius 1 is 1.04 bits per heavy atom. The number of hydrogen-bond acceptors (Lipinski definition) is 1. The molecule has 0 bridgehead atoms. The number of aliphatic hydroxyl groups excluding tert-OH is 1. The number of hydrogen-bond donors (Lipinski definition) is 1. The summed E-state index contributed by atoms with van der Waals surface area (Å²) in [6, 6.07) is 0. The Hall–Kier alpha value is -0.300. The molecule has 1 heteroatoms. The van der Waals surface area contributed by atoms with Crippen molar-refractivity contribution in [2.75, 3.05) is 0 Å². The van der Waals surface area contributed by atoms with E-state index >= 15 is 0 Å². The van der Waals surface area contributed by atoms with Crippen molar-refractivity contribution in [1.29, 1.82) is 0 Å². The van der Waals surface area contributed by atoms with Crippen molar-refractivity contribution in [1.82, 2.24) is 0 Å². The zero-order chi connectivity index (χ0) is 20.1. The number of rotatable bonds is 5. The summed E-state index contributed by atoms with van der Waals surface area (Å²) < 4.78 is 0. The average Bonchev–Trinajstić information content (AvgIpc) is 2.92. The maximum absolute atomic E-state index is 10.1. The van der Waals surface area contributed by atoms with Gasteiger partial charge in [-0.2, -0.15) is 0 Å². The van der Waals surface area contributed by atoms with E-state index in [1.807, 2.05) is 0 Å². The van der Waals surface area contributed by atoms with E-state index in [-0.39, 0.29) is 6.10 Å². The molecule has 160 valence electrons. The predicted octanol–water partition coefficient (Wildman–Crippen LogP) is 7.24. The fourth-order valence-corrected chi connectivity index (χ4v) is 8.49. The summed E-state index contributed by atoms with van der Waals surface area (Å²) in [5, 5.41) is 10.1. The molecule has 0 spiro atoms. The zero-order valence-electron chi connectivity index (χ0n) is 19.3. The third-order valence-electron chi connectivity index (χ3n) is 10.3. The molecule has 1 N–H and O–H groups in total. The third kappa shape index (κ3) is 3.52. The number of fused-ring (bicyclic) bond motifs is 5. The zero-order valence-corrected chi connectivity index (χ0v) is 19.3. The van der Waals surface area contributed by atoms with Gasteiger partial charge in [0, 0.05) is 0 Å². The maximum atomic E-state index is 10.1. The van der Waals surface area contributed by atoms with Crippen LogP contribution in [-0.4, -0.2) is 11.2 Å². The van der Waals surface area contributed by atoms with Gasteiger partial charge < -0.3 is 5.11 Å². The van der Waals surface area contributed by atoms with E-state index in [2.05, 4.69) is 40.7 Å². The van der Waals surface area contributed by atoms with E-state index in [1.54, 1.807) is 5.57 Å². The summed E-state index contributed by atoms with van der Waals surface area (Å²) in [4.78, 5) is 0. The van der Waals surface area contributed by atoms with E-state index < -0.39 is 0 Å². The molecule has 3 saturated carbocycles. The van der Waals surface area contributed by atoms with Crippen LogP contribution in [0.4, 0.5) is 0 Å². The molecular formula is C27H46O. The van der Waals surface area contributed by atoms with Gasteiger partial charge in [-0.05, 0) is 97.7 Å². The van der Waals surface area contributed by atoms with Crippen molar-refractivity contribution in [3.05, 3.63) is 11.6 Å². The van der Waals surface area contributed by atoms with E-state index in [0.717, 1.165) is 60.2 Å². The van der Waals surface area contributed by atoms with Gasteiger partial charge in [0.2, 0.25) is 0 Å². The van der Waals surface area contributed by atoms with E-state index in [9.17, 15) is 5.11 Å². The van der Waals surface area contributed by atoms with Gasteiger partial charge in [-0.15, -0.1) is 0 Å². The standard InChI is InChI=1S/C27H46O/c1-17(2)7-6-8-18(3)27(5)19(4)15-25-24-11-9-20-16-21(28)10-12-22(20)23(24)13-14-26(25)27/h9,17-19,21-26,28H,6-8,10-16H2,1-5H3/t18-,19?,21?,22?,23?,24?,25?,26?,27?/m1/s1. The highest BCUT2D eigenvalue weighted by atomic mass is 16.3. The van der Waals surface area contributed by atoms with Crippen molar-refractivity contribution >= 4 is 0 Å². The highest BCUT2D eigenvalue weighted by Gasteiger charge is 2.57. The fourth-order valence-electron chi connectivity index (χ4n) is 8.49. The molecule has 0 aromatic heterocycles. The van der Waals surface area contributed by atoms with Crippen molar-refractivity contribution in [3.8, 4) is 0 Å². The lowest BCUT2D eigenvalue weighted by Crippen LogP contribution is -2.45. The molecule has 0 aliphatic heterocycles. The van der Waals surface area contributed by atoms with Gasteiger partial charge in [0.05, 0.1) is 6.10 Å². The van der Waals surface area contributed by atoms with Crippen LogP contribution in [-0.2, 0) is 0 Å². The van der Waals surface area contributed by atoms with Crippen LogP contribution in [0.1, 0.15) is 98.8 Å². The Bertz CT molecular complexity index is 577. The minimum atomic E-state index is -0.0585. The normalized spacial score (nSPS) is 46.5. The van der Waals surface area contributed by atoms with Crippen LogP contribution >= 0.6 is 0 Å². The quantitative estimate of drug-likeness (QED) is 0.493. The Kier molecular flexibility index (Phi) is 6.05. The van der Waals surface area contributed by atoms with Gasteiger partial charge in [0.25, 0.3) is 0 Å². The second-order valence-electron chi connectivity index (χ2n) is 12.0. The first-order chi connectivity index (χ1) is 13.3. The molecule has 4 aliphatic rings. The topological polar surface area (TPSA) is 20.2 Å². The molecule has 3 fully saturated rings. The molecular weight excluding hydrogens is 340 g/mol. The molecule has 8 unspecified atom stereocenters. The lowest BCUT2D eigenvalue weighted by atomic mass is 9.53. The second-order valence-corrected chi connectivity index (χ2v) is 12.0. The predicted molar refractivity (Wildman–Crippen MR) is 119 cm³/mol. The molecule has 9 atom stereocenters. The SMILES string of the molecule is CC(C)CCC[C@@H](C)C1(C)C(C)CC2C3CC=C4CC(O)CCC4C3CCC21. The Labute approximate surface area is 174 Å². The lowest BCUT2D eigenvalue weighted by molar-refractivity contribution is -0.00854. The maximum Gasteiger partial charge on any atom is 0.0577 e. The van der Waals surface area contributed by atoms with Crippen molar-refractivity contribution in [2.24, 2.45) is 52.8 Å². The Balaban J connectivity index is 1.49. The summed E-state index contributed by atoms with van der Waals surface area (Å²) in [5.74, 6) is 7.21. The van der Waals surface area contributed by atoms with Crippen LogP contribution in [0.5, 0.6) is 0 Å². The molecule has 28 heavy (non-hydrogen) atoms. The summed E-state index contributed by atoms with van der Waals surface area (Å²) in [5.41, 5.74) is 2.19. The van der Waals surface area contributed by atoms with Crippen molar-refractivity contribution in [3.63, 3.8) is 0 Å². The molecule has 4 aliphatic carbocycles. The van der Waals surface area contributed by atoms with Gasteiger partial charge >= 0.3 is 0 Å². The Morgan fingerprint density at radius 3 is 2.57 bits per heavy atom. The van der Waals surface area contributed by atoms with Crippen LogP contribution in [0.15, 0.2) is 11.6 Å². The largest absolute Gasteiger partial charge is 0.393 e. The molecule has 0 saturated heterocycles. The van der Waals surface area contributed by atoms with Crippen LogP contribution in [0, 0.1) is 52.8 Å². The van der Waals surface area contributed by atoms with Gasteiger partial charge in [0.1, 0.15) is 0 Å². The van der Waals surface area contributed by atoms with Gasteiger partial charge in [0.15, 0.2) is 0 Å². The molecule has 0 heterocycles. The second kappa shape index (κ2) is 8.09. The van der Waals surface area contributed by atoms with Crippen LogP contribution < -0.4 is 0 Å². The first-order valence-corrected chi connectivity index (χ1v) is 12.7.